The molecule has 0 atom stereocenters. The molecule has 2 N–H and O–H groups in total. The summed E-state index contributed by atoms with van der Waals surface area (Å²) in [4.78, 5) is 0.919. The molecule has 0 unspecified atom stereocenters. The summed E-state index contributed by atoms with van der Waals surface area (Å²) >= 11 is 1.62. The molecule has 0 saturated heterocycles. The maximum Gasteiger partial charge on any atom is 0.125 e. The topological polar surface area (TPSA) is 35.2 Å². The van der Waals surface area contributed by atoms with Crippen LogP contribution in [-0.4, -0.2) is 12.4 Å². The number of hydrogen-bond acceptors (Lipinski definition) is 3. The summed E-state index contributed by atoms with van der Waals surface area (Å²) in [5.74, 6) is 1.50. The van der Waals surface area contributed by atoms with Crippen molar-refractivity contribution < 1.29 is 9.13 Å². The summed E-state index contributed by atoms with van der Waals surface area (Å²) in [6, 6.07) is 10.6. The highest BCUT2D eigenvalue weighted by Gasteiger charge is 2.02. The van der Waals surface area contributed by atoms with Crippen LogP contribution in [0.15, 0.2) is 41.3 Å². The summed E-state index contributed by atoms with van der Waals surface area (Å²) < 4.78 is 18.7. The van der Waals surface area contributed by atoms with E-state index in [0.717, 1.165) is 22.8 Å². The zero-order chi connectivity index (χ0) is 15.2. The Kier molecular flexibility index (Phi) is 5.51. The van der Waals surface area contributed by atoms with Crippen molar-refractivity contribution in [1.29, 1.82) is 0 Å². The van der Waals surface area contributed by atoms with E-state index in [9.17, 15) is 4.39 Å². The molecule has 112 valence electrons. The van der Waals surface area contributed by atoms with Gasteiger partial charge in [-0.15, -0.1) is 11.8 Å². The molecule has 0 aliphatic heterocycles. The quantitative estimate of drug-likeness (QED) is 0.482. The summed E-state index contributed by atoms with van der Waals surface area (Å²) in [6.07, 6.45) is 0.911. The molecule has 0 radical (unpaired) electrons. The largest absolute Gasteiger partial charge is 0.494 e. The minimum absolute atomic E-state index is 0.296. The van der Waals surface area contributed by atoms with Crippen LogP contribution in [0.2, 0.25) is 0 Å². The maximum atomic E-state index is 12.9. The number of anilines is 1. The lowest BCUT2D eigenvalue weighted by Gasteiger charge is -2.09. The van der Waals surface area contributed by atoms with E-state index in [0.29, 0.717) is 12.3 Å². The smallest absolute Gasteiger partial charge is 0.125 e. The van der Waals surface area contributed by atoms with Gasteiger partial charge in [-0.05, 0) is 61.7 Å². The lowest BCUT2D eigenvalue weighted by atomic mass is 10.1. The van der Waals surface area contributed by atoms with Gasteiger partial charge in [0.05, 0.1) is 6.61 Å². The number of halogens is 1. The third-order valence-corrected chi connectivity index (χ3v) is 4.44. The molecule has 2 aromatic carbocycles. The molecular weight excluding hydrogens is 285 g/mol. The zero-order valence-corrected chi connectivity index (χ0v) is 13.2. The second kappa shape index (κ2) is 7.36. The van der Waals surface area contributed by atoms with E-state index in [2.05, 4.69) is 26.0 Å². The number of ether oxygens (including phenoxy) is 1. The molecule has 0 saturated carbocycles. The third-order valence-electron chi connectivity index (χ3n) is 3.27. The third kappa shape index (κ3) is 4.67. The first-order valence-corrected chi connectivity index (χ1v) is 7.92. The predicted octanol–water partition coefficient (Wildman–Crippen LogP) is 4.59. The summed E-state index contributed by atoms with van der Waals surface area (Å²) in [7, 11) is 0. The van der Waals surface area contributed by atoms with Crippen LogP contribution in [0.3, 0.4) is 0 Å². The molecule has 0 aliphatic carbocycles. The van der Waals surface area contributed by atoms with Crippen molar-refractivity contribution in [2.24, 2.45) is 0 Å². The molecular formula is C17H20FNOS. The number of nitrogen functional groups attached to an aromatic ring is 1. The number of hydrogen-bond donors (Lipinski definition) is 1. The Labute approximate surface area is 129 Å². The van der Waals surface area contributed by atoms with E-state index >= 15 is 0 Å². The fraction of sp³-hybridized carbons (Fsp3) is 0.294. The Morgan fingerprint density at radius 2 is 1.90 bits per heavy atom. The Morgan fingerprint density at radius 3 is 2.62 bits per heavy atom. The summed E-state index contributed by atoms with van der Waals surface area (Å²) in [5, 5.41) is 0. The van der Waals surface area contributed by atoms with Gasteiger partial charge < -0.3 is 10.5 Å². The van der Waals surface area contributed by atoms with E-state index in [-0.39, 0.29) is 5.82 Å². The fourth-order valence-corrected chi connectivity index (χ4v) is 2.76. The monoisotopic (exact) mass is 305 g/mol. The number of nitrogens with two attached hydrogens (primary N) is 1. The molecule has 2 aromatic rings. The van der Waals surface area contributed by atoms with E-state index in [1.807, 2.05) is 6.07 Å². The van der Waals surface area contributed by atoms with Crippen LogP contribution in [0.1, 0.15) is 17.5 Å². The van der Waals surface area contributed by atoms with Crippen LogP contribution in [0.25, 0.3) is 0 Å². The van der Waals surface area contributed by atoms with Gasteiger partial charge in [-0.1, -0.05) is 6.07 Å². The number of rotatable bonds is 6. The van der Waals surface area contributed by atoms with Gasteiger partial charge in [0.2, 0.25) is 0 Å². The van der Waals surface area contributed by atoms with Gasteiger partial charge in [-0.25, -0.2) is 4.39 Å². The van der Waals surface area contributed by atoms with Crippen molar-refractivity contribution >= 4 is 17.4 Å². The van der Waals surface area contributed by atoms with E-state index < -0.39 is 0 Å². The van der Waals surface area contributed by atoms with Crippen molar-refractivity contribution in [3.05, 3.63) is 53.3 Å². The average molecular weight is 305 g/mol. The Hall–Kier alpha value is -1.68. The van der Waals surface area contributed by atoms with Gasteiger partial charge in [-0.3, -0.25) is 0 Å². The van der Waals surface area contributed by atoms with E-state index in [1.165, 1.54) is 23.3 Å². The first-order valence-electron chi connectivity index (χ1n) is 6.94. The van der Waals surface area contributed by atoms with Crippen molar-refractivity contribution in [2.45, 2.75) is 25.2 Å². The van der Waals surface area contributed by atoms with Crippen molar-refractivity contribution in [2.75, 3.05) is 18.1 Å². The van der Waals surface area contributed by atoms with E-state index in [1.54, 1.807) is 17.8 Å². The number of benzene rings is 2. The Bertz CT molecular complexity index is 616. The standard InChI is InChI=1S/C17H20FNOS/c1-12-4-6-15(10-13(12)2)20-8-3-9-21-17-7-5-14(18)11-16(17)19/h4-7,10-11H,3,8-9,19H2,1-2H3. The van der Waals surface area contributed by atoms with Crippen LogP contribution >= 0.6 is 11.8 Å². The molecule has 21 heavy (non-hydrogen) atoms. The molecule has 0 fully saturated rings. The minimum atomic E-state index is -0.296. The molecule has 4 heteroatoms. The normalized spacial score (nSPS) is 10.6. The molecule has 0 spiro atoms. The van der Waals surface area contributed by atoms with Gasteiger partial charge in [0, 0.05) is 16.3 Å². The lowest BCUT2D eigenvalue weighted by molar-refractivity contribution is 0.318. The minimum Gasteiger partial charge on any atom is -0.494 e. The SMILES string of the molecule is Cc1ccc(OCCCSc2ccc(F)cc2N)cc1C. The molecule has 0 aliphatic rings. The van der Waals surface area contributed by atoms with Gasteiger partial charge >= 0.3 is 0 Å². The van der Waals surface area contributed by atoms with Gasteiger partial charge in [0.15, 0.2) is 0 Å². The van der Waals surface area contributed by atoms with Crippen molar-refractivity contribution in [3.63, 3.8) is 0 Å². The van der Waals surface area contributed by atoms with Gasteiger partial charge in [0.25, 0.3) is 0 Å². The highest BCUT2D eigenvalue weighted by molar-refractivity contribution is 7.99. The lowest BCUT2D eigenvalue weighted by Crippen LogP contribution is -1.99. The highest BCUT2D eigenvalue weighted by atomic mass is 32.2. The molecule has 0 aromatic heterocycles. The van der Waals surface area contributed by atoms with Crippen molar-refractivity contribution in [3.8, 4) is 5.75 Å². The molecule has 0 bridgehead atoms. The average Bonchev–Trinajstić information content (AvgIpc) is 2.44. The van der Waals surface area contributed by atoms with Gasteiger partial charge in [0.1, 0.15) is 11.6 Å². The first-order chi connectivity index (χ1) is 10.1. The van der Waals surface area contributed by atoms with Crippen LogP contribution in [0, 0.1) is 19.7 Å². The van der Waals surface area contributed by atoms with E-state index in [4.69, 9.17) is 10.5 Å². The second-order valence-electron chi connectivity index (χ2n) is 4.98. The van der Waals surface area contributed by atoms with Crippen LogP contribution in [0.5, 0.6) is 5.75 Å². The number of aryl methyl sites for hydroxylation is 2. The zero-order valence-electron chi connectivity index (χ0n) is 12.4. The van der Waals surface area contributed by atoms with Crippen LogP contribution in [-0.2, 0) is 0 Å². The molecule has 2 nitrogen and oxygen atoms in total. The molecule has 0 amide bonds. The number of thioether (sulfide) groups is 1. The summed E-state index contributed by atoms with van der Waals surface area (Å²) in [5.41, 5.74) is 8.77. The molecule has 0 heterocycles. The highest BCUT2D eigenvalue weighted by Crippen LogP contribution is 2.26. The Morgan fingerprint density at radius 1 is 1.10 bits per heavy atom. The van der Waals surface area contributed by atoms with Crippen LogP contribution < -0.4 is 10.5 Å². The van der Waals surface area contributed by atoms with Crippen LogP contribution in [0.4, 0.5) is 10.1 Å². The summed E-state index contributed by atoms with van der Waals surface area (Å²) in [6.45, 7) is 4.83. The maximum absolute atomic E-state index is 12.9. The van der Waals surface area contributed by atoms with Gasteiger partial charge in [-0.2, -0.15) is 0 Å². The molecule has 2 rings (SSSR count). The Balaban J connectivity index is 1.73. The predicted molar refractivity (Wildman–Crippen MR) is 87.6 cm³/mol. The van der Waals surface area contributed by atoms with Crippen molar-refractivity contribution in [1.82, 2.24) is 0 Å². The first kappa shape index (κ1) is 15.7. The second-order valence-corrected chi connectivity index (χ2v) is 6.12. The fourth-order valence-electron chi connectivity index (χ4n) is 1.89.